The van der Waals surface area contributed by atoms with E-state index in [1.165, 1.54) is 5.56 Å². The number of anilines is 2. The van der Waals surface area contributed by atoms with E-state index in [2.05, 4.69) is 22.2 Å². The lowest BCUT2D eigenvalue weighted by Gasteiger charge is -2.24. The second-order valence-electron chi connectivity index (χ2n) is 5.11. The molecule has 1 aliphatic rings. The molecule has 0 spiro atoms. The third-order valence-corrected chi connectivity index (χ3v) is 3.76. The Morgan fingerprint density at radius 1 is 1.29 bits per heavy atom. The lowest BCUT2D eigenvalue weighted by atomic mass is 9.86. The van der Waals surface area contributed by atoms with Crippen LogP contribution in [-0.4, -0.2) is 15.9 Å². The van der Waals surface area contributed by atoms with Gasteiger partial charge in [0.15, 0.2) is 0 Å². The number of nitrogens with zero attached hydrogens (tertiary/aromatic N) is 1. The summed E-state index contributed by atoms with van der Waals surface area (Å²) in [6.45, 7) is 2.08. The number of aromatic nitrogens is 2. The highest BCUT2D eigenvalue weighted by Crippen LogP contribution is 2.33. The number of amides is 1. The summed E-state index contributed by atoms with van der Waals surface area (Å²) >= 11 is 0. The average molecular weight is 284 g/mol. The Morgan fingerprint density at radius 2 is 2.00 bits per heavy atom. The quantitative estimate of drug-likeness (QED) is 0.775. The van der Waals surface area contributed by atoms with Crippen LogP contribution in [0.4, 0.5) is 11.8 Å². The first kappa shape index (κ1) is 13.4. The van der Waals surface area contributed by atoms with Crippen molar-refractivity contribution in [2.24, 2.45) is 0 Å². The van der Waals surface area contributed by atoms with E-state index >= 15 is 0 Å². The first-order valence-electron chi connectivity index (χ1n) is 6.87. The van der Waals surface area contributed by atoms with E-state index in [4.69, 9.17) is 5.73 Å². The molecule has 1 aromatic carbocycles. The van der Waals surface area contributed by atoms with Crippen molar-refractivity contribution in [1.29, 1.82) is 0 Å². The lowest BCUT2D eigenvalue weighted by Crippen LogP contribution is -2.31. The Kier molecular flexibility index (Phi) is 3.21. The zero-order valence-electron chi connectivity index (χ0n) is 11.6. The summed E-state index contributed by atoms with van der Waals surface area (Å²) in [6, 6.07) is 7.95. The maximum atomic E-state index is 12.2. The number of hydrogen-bond acceptors (Lipinski definition) is 4. The Hall–Kier alpha value is -2.63. The van der Waals surface area contributed by atoms with Gasteiger partial charge in [0.1, 0.15) is 5.82 Å². The predicted octanol–water partition coefficient (Wildman–Crippen LogP) is 1.39. The van der Waals surface area contributed by atoms with Crippen molar-refractivity contribution < 1.29 is 4.79 Å². The molecule has 1 atom stereocenters. The van der Waals surface area contributed by atoms with Gasteiger partial charge in [0.05, 0.1) is 5.56 Å². The van der Waals surface area contributed by atoms with Gasteiger partial charge in [-0.15, -0.1) is 0 Å². The van der Waals surface area contributed by atoms with E-state index in [0.29, 0.717) is 5.56 Å². The van der Waals surface area contributed by atoms with Crippen molar-refractivity contribution >= 4 is 17.7 Å². The Balaban J connectivity index is 2.12. The summed E-state index contributed by atoms with van der Waals surface area (Å²) in [5.41, 5.74) is 7.84. The maximum Gasteiger partial charge on any atom is 0.258 e. The molecule has 1 amide bonds. The monoisotopic (exact) mass is 284 g/mol. The summed E-state index contributed by atoms with van der Waals surface area (Å²) in [6.07, 6.45) is 1.17. The highest BCUT2D eigenvalue weighted by molar-refractivity contribution is 5.94. The summed E-state index contributed by atoms with van der Waals surface area (Å²) in [5.74, 6) is -0.195. The number of carbonyl (C=O) groups is 1. The summed E-state index contributed by atoms with van der Waals surface area (Å²) in [7, 11) is 0. The van der Waals surface area contributed by atoms with E-state index in [1.54, 1.807) is 0 Å². The average Bonchev–Trinajstić information content (AvgIpc) is 2.45. The molecule has 2 heterocycles. The first-order chi connectivity index (χ1) is 10.1. The largest absolute Gasteiger partial charge is 0.369 e. The van der Waals surface area contributed by atoms with Crippen LogP contribution in [0.1, 0.15) is 36.0 Å². The number of aryl methyl sites for hydroxylation is 1. The number of H-pyrrole nitrogens is 1. The van der Waals surface area contributed by atoms with Gasteiger partial charge in [-0.1, -0.05) is 31.2 Å². The fourth-order valence-corrected chi connectivity index (χ4v) is 2.66. The molecule has 0 saturated heterocycles. The highest BCUT2D eigenvalue weighted by Gasteiger charge is 2.30. The zero-order valence-corrected chi connectivity index (χ0v) is 11.6. The molecule has 3 rings (SSSR count). The molecular weight excluding hydrogens is 268 g/mol. The van der Waals surface area contributed by atoms with E-state index in [0.717, 1.165) is 12.0 Å². The SMILES string of the molecule is CCc1ccc([C@@H]2CC(=O)Nc3nc(N)[nH]c(=O)c32)cc1. The van der Waals surface area contributed by atoms with Crippen LogP contribution >= 0.6 is 0 Å². The molecule has 108 valence electrons. The standard InChI is InChI=1S/C15H16N4O2/c1-2-8-3-5-9(6-4-8)10-7-11(20)17-13-12(10)14(21)19-15(16)18-13/h3-6,10H,2,7H2,1H3,(H4,16,17,18,19,20,21)/t10-/m0/s1. The molecule has 0 bridgehead atoms. The van der Waals surface area contributed by atoms with Crippen molar-refractivity contribution in [2.75, 3.05) is 11.1 Å². The molecule has 0 radical (unpaired) electrons. The van der Waals surface area contributed by atoms with Crippen LogP contribution in [0.5, 0.6) is 0 Å². The summed E-state index contributed by atoms with van der Waals surface area (Å²) in [5, 5.41) is 2.61. The van der Waals surface area contributed by atoms with Gasteiger partial charge in [-0.25, -0.2) is 0 Å². The second kappa shape index (κ2) is 5.05. The number of nitrogen functional groups attached to an aromatic ring is 1. The minimum atomic E-state index is -0.304. The van der Waals surface area contributed by atoms with Gasteiger partial charge < -0.3 is 11.1 Å². The van der Waals surface area contributed by atoms with Crippen LogP contribution in [0.2, 0.25) is 0 Å². The number of nitrogens with two attached hydrogens (primary N) is 1. The maximum absolute atomic E-state index is 12.2. The second-order valence-corrected chi connectivity index (χ2v) is 5.11. The van der Waals surface area contributed by atoms with Gasteiger partial charge in [-0.05, 0) is 17.5 Å². The molecule has 0 unspecified atom stereocenters. The van der Waals surface area contributed by atoms with Crippen LogP contribution in [0.3, 0.4) is 0 Å². The number of nitrogens with one attached hydrogen (secondary N) is 2. The number of aromatic amines is 1. The van der Waals surface area contributed by atoms with Crippen LogP contribution < -0.4 is 16.6 Å². The van der Waals surface area contributed by atoms with E-state index in [1.807, 2.05) is 24.3 Å². The molecule has 1 aliphatic heterocycles. The Labute approximate surface area is 121 Å². The molecule has 2 aromatic rings. The first-order valence-corrected chi connectivity index (χ1v) is 6.87. The molecule has 6 heteroatoms. The smallest absolute Gasteiger partial charge is 0.258 e. The van der Waals surface area contributed by atoms with Gasteiger partial charge in [-0.2, -0.15) is 4.98 Å². The van der Waals surface area contributed by atoms with E-state index in [-0.39, 0.29) is 35.6 Å². The molecule has 21 heavy (non-hydrogen) atoms. The molecule has 0 aliphatic carbocycles. The van der Waals surface area contributed by atoms with E-state index < -0.39 is 0 Å². The molecule has 1 aromatic heterocycles. The van der Waals surface area contributed by atoms with Crippen LogP contribution in [0.15, 0.2) is 29.1 Å². The molecule has 0 saturated carbocycles. The van der Waals surface area contributed by atoms with Crippen LogP contribution in [-0.2, 0) is 11.2 Å². The van der Waals surface area contributed by atoms with Gasteiger partial charge in [0.25, 0.3) is 5.56 Å². The summed E-state index contributed by atoms with van der Waals surface area (Å²) in [4.78, 5) is 30.5. The van der Waals surface area contributed by atoms with Crippen molar-refractivity contribution in [3.05, 3.63) is 51.3 Å². The Morgan fingerprint density at radius 3 is 2.67 bits per heavy atom. The van der Waals surface area contributed by atoms with Gasteiger partial charge in [0.2, 0.25) is 11.9 Å². The van der Waals surface area contributed by atoms with Gasteiger partial charge in [-0.3, -0.25) is 14.6 Å². The highest BCUT2D eigenvalue weighted by atomic mass is 16.2. The predicted molar refractivity (Wildman–Crippen MR) is 80.2 cm³/mol. The van der Waals surface area contributed by atoms with E-state index in [9.17, 15) is 9.59 Å². The molecule has 4 N–H and O–H groups in total. The molecular formula is C15H16N4O2. The molecule has 0 fully saturated rings. The minimum absolute atomic E-state index is 0.000955. The third-order valence-electron chi connectivity index (χ3n) is 3.76. The third kappa shape index (κ3) is 2.40. The molecule has 6 nitrogen and oxygen atoms in total. The van der Waals surface area contributed by atoms with Crippen LogP contribution in [0, 0.1) is 0 Å². The van der Waals surface area contributed by atoms with Crippen molar-refractivity contribution in [3.63, 3.8) is 0 Å². The summed E-state index contributed by atoms with van der Waals surface area (Å²) < 4.78 is 0. The minimum Gasteiger partial charge on any atom is -0.369 e. The van der Waals surface area contributed by atoms with Gasteiger partial charge >= 0.3 is 0 Å². The van der Waals surface area contributed by atoms with Crippen molar-refractivity contribution in [2.45, 2.75) is 25.7 Å². The number of carbonyl (C=O) groups excluding carboxylic acids is 1. The zero-order chi connectivity index (χ0) is 15.0. The fourth-order valence-electron chi connectivity index (χ4n) is 2.66. The Bertz CT molecular complexity index is 749. The number of rotatable bonds is 2. The topological polar surface area (TPSA) is 101 Å². The van der Waals surface area contributed by atoms with Crippen LogP contribution in [0.25, 0.3) is 0 Å². The number of fused-ring (bicyclic) bond motifs is 1. The van der Waals surface area contributed by atoms with Crippen molar-refractivity contribution in [1.82, 2.24) is 9.97 Å². The number of hydrogen-bond donors (Lipinski definition) is 3. The fraction of sp³-hybridized carbons (Fsp3) is 0.267. The lowest BCUT2D eigenvalue weighted by molar-refractivity contribution is -0.116. The van der Waals surface area contributed by atoms with Gasteiger partial charge in [0, 0.05) is 12.3 Å². The normalized spacial score (nSPS) is 17.2. The van der Waals surface area contributed by atoms with Crippen molar-refractivity contribution in [3.8, 4) is 0 Å². The number of benzene rings is 1.